The summed E-state index contributed by atoms with van der Waals surface area (Å²) in [6, 6.07) is 12.7. The van der Waals surface area contributed by atoms with Gasteiger partial charge < -0.3 is 4.74 Å². The van der Waals surface area contributed by atoms with Gasteiger partial charge in [0.1, 0.15) is 22.4 Å². The minimum atomic E-state index is -0.920. The zero-order valence-electron chi connectivity index (χ0n) is 19.2. The molecule has 0 heterocycles. The molecule has 2 nitrogen and oxygen atoms in total. The number of carbonyl (C=O) groups excluding carboxylic acids is 1. The first kappa shape index (κ1) is 24.2. The summed E-state index contributed by atoms with van der Waals surface area (Å²) in [6.07, 6.45) is 10.1. The predicted molar refractivity (Wildman–Crippen MR) is 127 cm³/mol. The molecule has 0 aromatic heterocycles. The van der Waals surface area contributed by atoms with E-state index in [4.69, 9.17) is 16.3 Å². The van der Waals surface area contributed by atoms with E-state index in [1.165, 1.54) is 37.7 Å². The number of hydrogen-bond donors (Lipinski definition) is 0. The van der Waals surface area contributed by atoms with E-state index in [1.54, 1.807) is 0 Å². The SMILES string of the molecule is CC(CC1CCC(C2CCC(C(=O)Oc3cc(F)c(Cl)c(F)c3)CC2)CC1)c1ccccc1. The maximum atomic E-state index is 13.6. The van der Waals surface area contributed by atoms with Gasteiger partial charge in [0.15, 0.2) is 0 Å². The highest BCUT2D eigenvalue weighted by Crippen LogP contribution is 2.43. The molecule has 2 aliphatic rings. The highest BCUT2D eigenvalue weighted by molar-refractivity contribution is 6.30. The molecule has 0 N–H and O–H groups in total. The normalized spacial score (nSPS) is 26.5. The van der Waals surface area contributed by atoms with Crippen molar-refractivity contribution >= 4 is 17.6 Å². The van der Waals surface area contributed by atoms with Crippen LogP contribution in [0.15, 0.2) is 42.5 Å². The zero-order valence-corrected chi connectivity index (χ0v) is 20.0. The van der Waals surface area contributed by atoms with Gasteiger partial charge in [-0.3, -0.25) is 4.79 Å². The Morgan fingerprint density at radius 3 is 2.06 bits per heavy atom. The highest BCUT2D eigenvalue weighted by atomic mass is 35.5. The average Bonchev–Trinajstić information content (AvgIpc) is 2.83. The van der Waals surface area contributed by atoms with Crippen molar-refractivity contribution in [2.75, 3.05) is 0 Å². The number of ether oxygens (including phenoxy) is 1. The van der Waals surface area contributed by atoms with Crippen molar-refractivity contribution in [3.8, 4) is 5.75 Å². The van der Waals surface area contributed by atoms with Crippen molar-refractivity contribution in [1.82, 2.24) is 0 Å². The number of halogens is 3. The van der Waals surface area contributed by atoms with Crippen molar-refractivity contribution in [3.05, 3.63) is 64.7 Å². The van der Waals surface area contributed by atoms with Crippen LogP contribution in [0.5, 0.6) is 5.75 Å². The molecule has 0 aliphatic heterocycles. The van der Waals surface area contributed by atoms with E-state index >= 15 is 0 Å². The van der Waals surface area contributed by atoms with Gasteiger partial charge in [-0.15, -0.1) is 0 Å². The predicted octanol–water partition coefficient (Wildman–Crippen LogP) is 8.33. The van der Waals surface area contributed by atoms with Gasteiger partial charge in [-0.25, -0.2) is 8.78 Å². The van der Waals surface area contributed by atoms with Crippen molar-refractivity contribution in [3.63, 3.8) is 0 Å². The second-order valence-corrected chi connectivity index (χ2v) is 10.4. The van der Waals surface area contributed by atoms with E-state index < -0.39 is 22.6 Å². The zero-order chi connectivity index (χ0) is 23.4. The van der Waals surface area contributed by atoms with Gasteiger partial charge in [0.25, 0.3) is 0 Å². The molecule has 2 aromatic rings. The molecule has 2 fully saturated rings. The monoisotopic (exact) mass is 474 g/mol. The fraction of sp³-hybridized carbons (Fsp3) is 0.536. The van der Waals surface area contributed by atoms with Crippen LogP contribution in [0.4, 0.5) is 8.78 Å². The number of carbonyl (C=O) groups is 1. The van der Waals surface area contributed by atoms with Gasteiger partial charge in [0.2, 0.25) is 0 Å². The summed E-state index contributed by atoms with van der Waals surface area (Å²) >= 11 is 5.50. The molecule has 2 aliphatic carbocycles. The first-order valence-corrected chi connectivity index (χ1v) is 12.7. The largest absolute Gasteiger partial charge is 0.426 e. The van der Waals surface area contributed by atoms with Gasteiger partial charge in [0.05, 0.1) is 5.92 Å². The second kappa shape index (κ2) is 11.0. The molecule has 0 radical (unpaired) electrons. The molecule has 4 rings (SSSR count). The first-order chi connectivity index (χ1) is 15.9. The summed E-state index contributed by atoms with van der Waals surface area (Å²) in [5, 5.41) is -0.584. The minimum absolute atomic E-state index is 0.121. The molecule has 2 saturated carbocycles. The Morgan fingerprint density at radius 2 is 1.48 bits per heavy atom. The number of hydrogen-bond acceptors (Lipinski definition) is 2. The van der Waals surface area contributed by atoms with E-state index in [2.05, 4.69) is 37.3 Å². The fourth-order valence-corrected chi connectivity index (χ4v) is 6.04. The van der Waals surface area contributed by atoms with Crippen LogP contribution < -0.4 is 4.74 Å². The van der Waals surface area contributed by atoms with Crippen LogP contribution >= 0.6 is 11.6 Å². The highest BCUT2D eigenvalue weighted by Gasteiger charge is 2.34. The topological polar surface area (TPSA) is 26.3 Å². The Bertz CT molecular complexity index is 909. The average molecular weight is 475 g/mol. The van der Waals surface area contributed by atoms with Crippen LogP contribution in [0.1, 0.15) is 76.2 Å². The summed E-state index contributed by atoms with van der Waals surface area (Å²) in [5.41, 5.74) is 1.44. The summed E-state index contributed by atoms with van der Waals surface area (Å²) in [4.78, 5) is 12.5. The smallest absolute Gasteiger partial charge is 0.314 e. The van der Waals surface area contributed by atoms with E-state index in [9.17, 15) is 13.6 Å². The lowest BCUT2D eigenvalue weighted by molar-refractivity contribution is -0.140. The maximum Gasteiger partial charge on any atom is 0.314 e. The molecule has 0 saturated heterocycles. The Labute approximate surface area is 200 Å². The Hall–Kier alpha value is -1.94. The van der Waals surface area contributed by atoms with Crippen molar-refractivity contribution in [2.45, 2.75) is 70.6 Å². The standard InChI is InChI=1S/C28H33ClF2O2/c1-18(20-5-3-2-4-6-20)15-19-7-9-21(10-8-19)22-11-13-23(14-12-22)28(32)33-24-16-25(30)27(29)26(31)17-24/h2-6,16-19,21-23H,7-15H2,1H3. The van der Waals surface area contributed by atoms with Crippen LogP contribution in [0, 0.1) is 35.3 Å². The molecular formula is C28H33ClF2O2. The fourth-order valence-electron chi connectivity index (χ4n) is 5.93. The van der Waals surface area contributed by atoms with Crippen LogP contribution in [0.3, 0.4) is 0 Å². The molecule has 2 aromatic carbocycles. The lowest BCUT2D eigenvalue weighted by atomic mass is 9.68. The van der Waals surface area contributed by atoms with E-state index in [-0.39, 0.29) is 11.7 Å². The van der Waals surface area contributed by atoms with Gasteiger partial charge in [0, 0.05) is 12.1 Å². The Balaban J connectivity index is 1.21. The molecule has 0 spiro atoms. The third kappa shape index (κ3) is 6.15. The quantitative estimate of drug-likeness (QED) is 0.239. The third-order valence-corrected chi connectivity index (χ3v) is 8.26. The maximum absolute atomic E-state index is 13.6. The first-order valence-electron chi connectivity index (χ1n) is 12.3. The molecule has 178 valence electrons. The Morgan fingerprint density at radius 1 is 0.939 bits per heavy atom. The van der Waals surface area contributed by atoms with Gasteiger partial charge in [-0.05, 0) is 74.2 Å². The molecule has 33 heavy (non-hydrogen) atoms. The number of esters is 1. The summed E-state index contributed by atoms with van der Waals surface area (Å²) in [7, 11) is 0. The van der Waals surface area contributed by atoms with E-state index in [0.717, 1.165) is 49.7 Å². The minimum Gasteiger partial charge on any atom is -0.426 e. The van der Waals surface area contributed by atoms with Crippen molar-refractivity contribution in [1.29, 1.82) is 0 Å². The number of rotatable bonds is 6. The molecule has 0 bridgehead atoms. The molecular weight excluding hydrogens is 442 g/mol. The molecule has 1 unspecified atom stereocenters. The lowest BCUT2D eigenvalue weighted by Crippen LogP contribution is -2.30. The lowest BCUT2D eigenvalue weighted by Gasteiger charge is -2.38. The van der Waals surface area contributed by atoms with Gasteiger partial charge in [-0.1, -0.05) is 61.7 Å². The van der Waals surface area contributed by atoms with Crippen LogP contribution in [-0.4, -0.2) is 5.97 Å². The summed E-state index contributed by atoms with van der Waals surface area (Å²) < 4.78 is 32.5. The van der Waals surface area contributed by atoms with Crippen molar-refractivity contribution in [2.24, 2.45) is 23.7 Å². The van der Waals surface area contributed by atoms with Crippen LogP contribution in [0.25, 0.3) is 0 Å². The van der Waals surface area contributed by atoms with Crippen LogP contribution in [0.2, 0.25) is 5.02 Å². The molecule has 0 amide bonds. The van der Waals surface area contributed by atoms with Gasteiger partial charge >= 0.3 is 5.97 Å². The molecule has 5 heteroatoms. The third-order valence-electron chi connectivity index (χ3n) is 7.89. The number of benzene rings is 2. The molecule has 1 atom stereocenters. The summed E-state index contributed by atoms with van der Waals surface area (Å²) in [6.45, 7) is 2.34. The van der Waals surface area contributed by atoms with Gasteiger partial charge in [-0.2, -0.15) is 0 Å². The van der Waals surface area contributed by atoms with Crippen molar-refractivity contribution < 1.29 is 18.3 Å². The van der Waals surface area contributed by atoms with Crippen LogP contribution in [-0.2, 0) is 4.79 Å². The Kier molecular flexibility index (Phi) is 8.06. The van der Waals surface area contributed by atoms with E-state index in [1.807, 2.05) is 0 Å². The van der Waals surface area contributed by atoms with E-state index in [0.29, 0.717) is 11.8 Å². The second-order valence-electron chi connectivity index (χ2n) is 10.1. The summed E-state index contributed by atoms with van der Waals surface area (Å²) in [5.74, 6) is 0.286.